The van der Waals surface area contributed by atoms with Gasteiger partial charge in [0.15, 0.2) is 0 Å². The van der Waals surface area contributed by atoms with Gasteiger partial charge in [0.25, 0.3) is 0 Å². The van der Waals surface area contributed by atoms with E-state index in [4.69, 9.17) is 0 Å². The lowest BCUT2D eigenvalue weighted by atomic mass is 9.84. The van der Waals surface area contributed by atoms with Crippen LogP contribution in [0.15, 0.2) is 24.3 Å². The van der Waals surface area contributed by atoms with Crippen molar-refractivity contribution in [3.63, 3.8) is 0 Å². The van der Waals surface area contributed by atoms with Crippen molar-refractivity contribution in [3.05, 3.63) is 29.8 Å². The van der Waals surface area contributed by atoms with Crippen molar-refractivity contribution in [1.29, 1.82) is 0 Å². The summed E-state index contributed by atoms with van der Waals surface area (Å²) in [6.07, 6.45) is 6.55. The maximum absolute atomic E-state index is 13.0. The second-order valence-corrected chi connectivity index (χ2v) is 8.57. The molecule has 3 atom stereocenters. The third kappa shape index (κ3) is 1.91. The molecule has 0 spiro atoms. The fraction of sp³-hybridized carbons (Fsp3) is 0.444. The van der Waals surface area contributed by atoms with Gasteiger partial charge in [-0.3, -0.25) is 0 Å². The Balaban J connectivity index is 1.99. The zero-order valence-electron chi connectivity index (χ0n) is 12.5. The van der Waals surface area contributed by atoms with E-state index in [0.717, 1.165) is 31.2 Å². The van der Waals surface area contributed by atoms with Gasteiger partial charge in [0.1, 0.15) is 19.3 Å². The lowest BCUT2D eigenvalue weighted by Crippen LogP contribution is -2.13. The van der Waals surface area contributed by atoms with Gasteiger partial charge in [0.2, 0.25) is 0 Å². The van der Waals surface area contributed by atoms with Crippen LogP contribution in [0.25, 0.3) is 10.8 Å². The molecule has 1 aliphatic heterocycles. The van der Waals surface area contributed by atoms with E-state index in [-0.39, 0.29) is 23.1 Å². The molecule has 0 bridgehead atoms. The quantitative estimate of drug-likeness (QED) is 0.564. The van der Waals surface area contributed by atoms with Crippen LogP contribution in [0.1, 0.15) is 50.0 Å². The normalized spacial score (nSPS) is 27.9. The first-order valence-corrected chi connectivity index (χ1v) is 9.69. The highest BCUT2D eigenvalue weighted by Crippen LogP contribution is 2.57. The van der Waals surface area contributed by atoms with Crippen molar-refractivity contribution in [2.24, 2.45) is 0 Å². The van der Waals surface area contributed by atoms with Crippen LogP contribution >= 0.6 is 7.80 Å². The van der Waals surface area contributed by atoms with Crippen LogP contribution in [-0.2, 0) is 4.57 Å². The Morgan fingerprint density at radius 2 is 1.55 bits per heavy atom. The molecule has 2 aromatic rings. The van der Waals surface area contributed by atoms with Gasteiger partial charge in [0.05, 0.1) is 5.30 Å². The largest absolute Gasteiger partial charge is 0.507 e. The molecule has 4 rings (SSSR count). The fourth-order valence-electron chi connectivity index (χ4n) is 4.36. The van der Waals surface area contributed by atoms with Crippen LogP contribution in [0.2, 0.25) is 0 Å². The maximum atomic E-state index is 13.0. The molecular formula is C18H21O3P. The van der Waals surface area contributed by atoms with Crippen LogP contribution in [0.4, 0.5) is 0 Å². The molecule has 1 saturated carbocycles. The summed E-state index contributed by atoms with van der Waals surface area (Å²) in [5.41, 5.74) is 0.904. The average Bonchev–Trinajstić information content (AvgIpc) is 2.77. The lowest BCUT2D eigenvalue weighted by molar-refractivity contribution is 0.433. The topological polar surface area (TPSA) is 57.5 Å². The Kier molecular flexibility index (Phi) is 3.41. The summed E-state index contributed by atoms with van der Waals surface area (Å²) in [6, 6.07) is 7.32. The van der Waals surface area contributed by atoms with Crippen LogP contribution in [0, 0.1) is 0 Å². The van der Waals surface area contributed by atoms with Crippen molar-refractivity contribution in [1.82, 2.24) is 0 Å². The standard InChI is InChI=1S/C18H21O3P/c19-16-11-7-5-6-8-12(11)17(20)18-15(16)13-9-3-1-2-4-10-14(13)22(18)21/h5-8,13-14,19-20,22H,1-4,9-10H2. The maximum Gasteiger partial charge on any atom is 0.134 e. The summed E-state index contributed by atoms with van der Waals surface area (Å²) in [4.78, 5) is 0. The molecule has 1 fully saturated rings. The number of aromatic hydroxyl groups is 2. The first kappa shape index (κ1) is 14.1. The first-order chi connectivity index (χ1) is 10.7. The molecule has 2 aliphatic rings. The molecular weight excluding hydrogens is 295 g/mol. The molecule has 0 aromatic heterocycles. The van der Waals surface area contributed by atoms with Crippen molar-refractivity contribution in [2.75, 3.05) is 0 Å². The van der Waals surface area contributed by atoms with Crippen molar-refractivity contribution < 1.29 is 14.8 Å². The van der Waals surface area contributed by atoms with Gasteiger partial charge in [-0.05, 0) is 18.8 Å². The van der Waals surface area contributed by atoms with Crippen LogP contribution in [-0.4, -0.2) is 15.9 Å². The van der Waals surface area contributed by atoms with E-state index in [9.17, 15) is 14.8 Å². The number of phenols is 2. The van der Waals surface area contributed by atoms with Gasteiger partial charge in [-0.2, -0.15) is 0 Å². The Bertz CT molecular complexity index is 769. The number of rotatable bonds is 0. The number of benzene rings is 2. The molecule has 22 heavy (non-hydrogen) atoms. The summed E-state index contributed by atoms with van der Waals surface area (Å²) < 4.78 is 13.0. The smallest absolute Gasteiger partial charge is 0.134 e. The highest BCUT2D eigenvalue weighted by Gasteiger charge is 2.42. The number of hydrogen-bond acceptors (Lipinski definition) is 3. The minimum atomic E-state index is -2.05. The predicted octanol–water partition coefficient (Wildman–Crippen LogP) is 4.26. The molecule has 4 heteroatoms. The van der Waals surface area contributed by atoms with Crippen LogP contribution in [0.5, 0.6) is 11.5 Å². The van der Waals surface area contributed by atoms with Crippen molar-refractivity contribution in [2.45, 2.75) is 50.1 Å². The van der Waals surface area contributed by atoms with E-state index in [2.05, 4.69) is 0 Å². The molecule has 2 aromatic carbocycles. The van der Waals surface area contributed by atoms with Crippen LogP contribution < -0.4 is 5.30 Å². The van der Waals surface area contributed by atoms with E-state index >= 15 is 0 Å². The van der Waals surface area contributed by atoms with E-state index in [1.165, 1.54) is 12.8 Å². The average molecular weight is 316 g/mol. The SMILES string of the molecule is O=[PH]1c2c(c(O)c3ccccc3c2O)C2CCCCCCC21. The van der Waals surface area contributed by atoms with E-state index in [0.29, 0.717) is 16.1 Å². The second kappa shape index (κ2) is 5.31. The first-order valence-electron chi connectivity index (χ1n) is 8.21. The summed E-state index contributed by atoms with van der Waals surface area (Å²) in [6.45, 7) is 0. The molecule has 0 saturated heterocycles. The minimum absolute atomic E-state index is 0.119. The van der Waals surface area contributed by atoms with E-state index < -0.39 is 7.80 Å². The number of fused-ring (bicyclic) bond motifs is 4. The Morgan fingerprint density at radius 1 is 0.909 bits per heavy atom. The molecule has 116 valence electrons. The predicted molar refractivity (Wildman–Crippen MR) is 90.1 cm³/mol. The van der Waals surface area contributed by atoms with Crippen molar-refractivity contribution in [3.8, 4) is 11.5 Å². The summed E-state index contributed by atoms with van der Waals surface area (Å²) in [5.74, 6) is 0.533. The fourth-order valence-corrected chi connectivity index (χ4v) is 6.83. The highest BCUT2D eigenvalue weighted by atomic mass is 31.1. The van der Waals surface area contributed by atoms with Gasteiger partial charge in [-0.25, -0.2) is 0 Å². The van der Waals surface area contributed by atoms with E-state index in [1.807, 2.05) is 18.2 Å². The highest BCUT2D eigenvalue weighted by molar-refractivity contribution is 7.55. The molecule has 3 unspecified atom stereocenters. The number of phenolic OH excluding ortho intramolecular Hbond substituents is 2. The Hall–Kier alpha value is -1.47. The molecule has 2 N–H and O–H groups in total. The minimum Gasteiger partial charge on any atom is -0.507 e. The van der Waals surface area contributed by atoms with Gasteiger partial charge in [-0.15, -0.1) is 0 Å². The Labute approximate surface area is 130 Å². The second-order valence-electron chi connectivity index (χ2n) is 6.60. The van der Waals surface area contributed by atoms with Gasteiger partial charge in [-0.1, -0.05) is 49.9 Å². The van der Waals surface area contributed by atoms with Gasteiger partial charge < -0.3 is 14.8 Å². The molecule has 3 nitrogen and oxygen atoms in total. The van der Waals surface area contributed by atoms with Crippen molar-refractivity contribution >= 4 is 23.9 Å². The van der Waals surface area contributed by atoms with Gasteiger partial charge >= 0.3 is 0 Å². The third-order valence-electron chi connectivity index (χ3n) is 5.42. The van der Waals surface area contributed by atoms with E-state index in [1.54, 1.807) is 6.07 Å². The summed E-state index contributed by atoms with van der Waals surface area (Å²) in [7, 11) is -2.05. The molecule has 0 amide bonds. The van der Waals surface area contributed by atoms with Crippen LogP contribution in [0.3, 0.4) is 0 Å². The zero-order valence-corrected chi connectivity index (χ0v) is 13.5. The monoisotopic (exact) mass is 316 g/mol. The lowest BCUT2D eigenvalue weighted by Gasteiger charge is -2.23. The zero-order chi connectivity index (χ0) is 15.3. The molecule has 1 aliphatic carbocycles. The Morgan fingerprint density at radius 3 is 2.27 bits per heavy atom. The number of hydrogen-bond donors (Lipinski definition) is 2. The summed E-state index contributed by atoms with van der Waals surface area (Å²) >= 11 is 0. The van der Waals surface area contributed by atoms with Gasteiger partial charge in [0, 0.05) is 22.0 Å². The third-order valence-corrected chi connectivity index (χ3v) is 7.78. The molecule has 1 heterocycles. The molecule has 0 radical (unpaired) electrons. The summed E-state index contributed by atoms with van der Waals surface area (Å²) in [5, 5.41) is 23.3.